The highest BCUT2D eigenvalue weighted by Gasteiger charge is 2.21. The molecule has 0 fully saturated rings. The quantitative estimate of drug-likeness (QED) is 0.733. The van der Waals surface area contributed by atoms with Gasteiger partial charge in [0.25, 0.3) is 0 Å². The van der Waals surface area contributed by atoms with Gasteiger partial charge < -0.3 is 9.29 Å². The van der Waals surface area contributed by atoms with Crippen LogP contribution >= 0.6 is 0 Å². The Bertz CT molecular complexity index is 1040. The number of carbonyl (C=O) groups is 1. The van der Waals surface area contributed by atoms with Crippen molar-refractivity contribution in [3.8, 4) is 5.75 Å². The van der Waals surface area contributed by atoms with Crippen LogP contribution in [0.1, 0.15) is 15.9 Å². The molecule has 5 nitrogen and oxygen atoms in total. The summed E-state index contributed by atoms with van der Waals surface area (Å²) >= 11 is 0. The summed E-state index contributed by atoms with van der Waals surface area (Å²) in [7, 11) is -4.13. The first kappa shape index (κ1) is 16.0. The number of benzene rings is 3. The largest absolute Gasteiger partial charge is 0.478 e. The lowest BCUT2D eigenvalue weighted by atomic mass is 10.1. The van der Waals surface area contributed by atoms with Crippen LogP contribution in [0.4, 0.5) is 0 Å². The monoisotopic (exact) mass is 342 g/mol. The summed E-state index contributed by atoms with van der Waals surface area (Å²) in [5.74, 6) is -1.02. The molecular formula is C18H14O5S. The zero-order valence-electron chi connectivity index (χ0n) is 12.8. The normalized spacial score (nSPS) is 11.4. The van der Waals surface area contributed by atoms with E-state index in [1.165, 1.54) is 12.1 Å². The van der Waals surface area contributed by atoms with Crippen LogP contribution in [0, 0.1) is 6.92 Å². The fourth-order valence-corrected chi connectivity index (χ4v) is 3.57. The number of aromatic carboxylic acids is 1. The highest BCUT2D eigenvalue weighted by molar-refractivity contribution is 7.87. The van der Waals surface area contributed by atoms with E-state index in [2.05, 4.69) is 0 Å². The first-order valence-corrected chi connectivity index (χ1v) is 8.55. The van der Waals surface area contributed by atoms with Gasteiger partial charge in [0.05, 0.1) is 5.56 Å². The lowest BCUT2D eigenvalue weighted by Crippen LogP contribution is -2.12. The number of fused-ring (bicyclic) bond motifs is 1. The van der Waals surface area contributed by atoms with Gasteiger partial charge in [0.1, 0.15) is 10.6 Å². The molecule has 0 bridgehead atoms. The third-order valence-corrected chi connectivity index (χ3v) is 5.02. The summed E-state index contributed by atoms with van der Waals surface area (Å²) in [5, 5.41) is 10.9. The van der Waals surface area contributed by atoms with Crippen molar-refractivity contribution in [3.05, 3.63) is 71.8 Å². The van der Waals surface area contributed by atoms with Gasteiger partial charge in [-0.3, -0.25) is 0 Å². The third kappa shape index (κ3) is 3.09. The molecule has 0 saturated heterocycles. The second kappa shape index (κ2) is 5.98. The minimum Gasteiger partial charge on any atom is -0.478 e. The van der Waals surface area contributed by atoms with Crippen LogP contribution in [0.15, 0.2) is 65.6 Å². The first-order valence-electron chi connectivity index (χ1n) is 7.14. The van der Waals surface area contributed by atoms with Gasteiger partial charge in [0.2, 0.25) is 0 Å². The van der Waals surface area contributed by atoms with Crippen LogP contribution < -0.4 is 4.18 Å². The molecule has 0 spiro atoms. The fraction of sp³-hybridized carbons (Fsp3) is 0.0556. The van der Waals surface area contributed by atoms with E-state index in [4.69, 9.17) is 9.29 Å². The highest BCUT2D eigenvalue weighted by atomic mass is 32.2. The van der Waals surface area contributed by atoms with Crippen LogP contribution in [0.2, 0.25) is 0 Å². The van der Waals surface area contributed by atoms with Crippen LogP contribution in [-0.4, -0.2) is 19.5 Å². The van der Waals surface area contributed by atoms with Crippen LogP contribution in [0.3, 0.4) is 0 Å². The lowest BCUT2D eigenvalue weighted by Gasteiger charge is -2.10. The lowest BCUT2D eigenvalue weighted by molar-refractivity contribution is 0.0696. The number of carboxylic acids is 1. The molecule has 24 heavy (non-hydrogen) atoms. The Labute approximate surface area is 139 Å². The van der Waals surface area contributed by atoms with E-state index in [0.717, 1.165) is 16.8 Å². The molecule has 0 unspecified atom stereocenters. The molecule has 3 aromatic rings. The molecule has 0 radical (unpaired) electrons. The summed E-state index contributed by atoms with van der Waals surface area (Å²) in [6.45, 7) is 1.59. The van der Waals surface area contributed by atoms with E-state index in [1.54, 1.807) is 25.1 Å². The second-order valence-corrected chi connectivity index (χ2v) is 6.85. The van der Waals surface area contributed by atoms with E-state index in [0.29, 0.717) is 5.56 Å². The Morgan fingerprint density at radius 3 is 2.38 bits per heavy atom. The van der Waals surface area contributed by atoms with Gasteiger partial charge in [-0.25, -0.2) is 4.79 Å². The van der Waals surface area contributed by atoms with Gasteiger partial charge >= 0.3 is 16.1 Å². The van der Waals surface area contributed by atoms with Gasteiger partial charge in [0.15, 0.2) is 0 Å². The standard InChI is InChI=1S/C18H14O5S/c1-12-6-7-15(18(19)20)11-17(12)24(21,22)23-16-9-8-13-4-2-3-5-14(13)10-16/h2-11H,1H3,(H,19,20). The molecule has 3 rings (SSSR count). The van der Waals surface area contributed by atoms with Crippen molar-refractivity contribution in [2.75, 3.05) is 0 Å². The number of rotatable bonds is 4. The molecule has 0 atom stereocenters. The Morgan fingerprint density at radius 1 is 0.958 bits per heavy atom. The first-order chi connectivity index (χ1) is 11.4. The molecule has 0 aliphatic rings. The molecule has 0 amide bonds. The van der Waals surface area contributed by atoms with Crippen molar-refractivity contribution in [3.63, 3.8) is 0 Å². The summed E-state index contributed by atoms with van der Waals surface area (Å²) in [4.78, 5) is 10.9. The van der Waals surface area contributed by atoms with Gasteiger partial charge in [-0.15, -0.1) is 0 Å². The van der Waals surface area contributed by atoms with Gasteiger partial charge in [-0.2, -0.15) is 8.42 Å². The molecule has 3 aromatic carbocycles. The molecule has 0 aliphatic heterocycles. The van der Waals surface area contributed by atoms with Crippen molar-refractivity contribution < 1.29 is 22.5 Å². The molecule has 122 valence electrons. The average molecular weight is 342 g/mol. The minimum atomic E-state index is -4.13. The number of carboxylic acid groups (broad SMARTS) is 1. The van der Waals surface area contributed by atoms with E-state index in [9.17, 15) is 13.2 Å². The van der Waals surface area contributed by atoms with Gasteiger partial charge in [0, 0.05) is 0 Å². The van der Waals surface area contributed by atoms with E-state index >= 15 is 0 Å². The molecule has 1 N–H and O–H groups in total. The molecule has 0 saturated carbocycles. The SMILES string of the molecule is Cc1ccc(C(=O)O)cc1S(=O)(=O)Oc1ccc2ccccc2c1. The third-order valence-electron chi connectivity index (χ3n) is 3.63. The number of hydrogen-bond donors (Lipinski definition) is 1. The molecular weight excluding hydrogens is 328 g/mol. The summed E-state index contributed by atoms with van der Waals surface area (Å²) in [6.07, 6.45) is 0. The molecule has 0 heterocycles. The fourth-order valence-electron chi connectivity index (χ4n) is 2.39. The van der Waals surface area contributed by atoms with E-state index in [-0.39, 0.29) is 16.2 Å². The predicted molar refractivity (Wildman–Crippen MR) is 89.9 cm³/mol. The maximum absolute atomic E-state index is 12.5. The maximum Gasteiger partial charge on any atom is 0.339 e. The molecule has 6 heteroatoms. The molecule has 0 aliphatic carbocycles. The summed E-state index contributed by atoms with van der Waals surface area (Å²) < 4.78 is 30.2. The van der Waals surface area contributed by atoms with Crippen molar-refractivity contribution in [2.45, 2.75) is 11.8 Å². The Kier molecular flexibility index (Phi) is 3.99. The summed E-state index contributed by atoms with van der Waals surface area (Å²) in [6, 6.07) is 16.4. The highest BCUT2D eigenvalue weighted by Crippen LogP contribution is 2.25. The smallest absolute Gasteiger partial charge is 0.339 e. The van der Waals surface area contributed by atoms with Gasteiger partial charge in [-0.05, 0) is 47.5 Å². The number of hydrogen-bond acceptors (Lipinski definition) is 4. The Balaban J connectivity index is 2.01. The van der Waals surface area contributed by atoms with Crippen molar-refractivity contribution in [1.82, 2.24) is 0 Å². The zero-order chi connectivity index (χ0) is 17.3. The minimum absolute atomic E-state index is 0.110. The zero-order valence-corrected chi connectivity index (χ0v) is 13.6. The number of aryl methyl sites for hydroxylation is 1. The summed E-state index contributed by atoms with van der Waals surface area (Å²) in [5.41, 5.74) is 0.307. The van der Waals surface area contributed by atoms with Crippen LogP contribution in [0.5, 0.6) is 5.75 Å². The molecule has 0 aromatic heterocycles. The Morgan fingerprint density at radius 2 is 1.67 bits per heavy atom. The van der Waals surface area contributed by atoms with Crippen molar-refractivity contribution in [1.29, 1.82) is 0 Å². The maximum atomic E-state index is 12.5. The van der Waals surface area contributed by atoms with E-state index < -0.39 is 16.1 Å². The van der Waals surface area contributed by atoms with Gasteiger partial charge in [-0.1, -0.05) is 36.4 Å². The van der Waals surface area contributed by atoms with Crippen LogP contribution in [0.25, 0.3) is 10.8 Å². The van der Waals surface area contributed by atoms with Crippen molar-refractivity contribution in [2.24, 2.45) is 0 Å². The predicted octanol–water partition coefficient (Wildman–Crippen LogP) is 3.61. The second-order valence-electron chi connectivity index (χ2n) is 5.33. The van der Waals surface area contributed by atoms with E-state index in [1.807, 2.05) is 24.3 Å². The topological polar surface area (TPSA) is 80.7 Å². The van der Waals surface area contributed by atoms with Crippen molar-refractivity contribution >= 4 is 26.9 Å². The Hall–Kier alpha value is -2.86. The van der Waals surface area contributed by atoms with Crippen LogP contribution in [-0.2, 0) is 10.1 Å². The average Bonchev–Trinajstić information content (AvgIpc) is 2.54.